The minimum absolute atomic E-state index is 0.150. The summed E-state index contributed by atoms with van der Waals surface area (Å²) in [6.07, 6.45) is 2.07. The van der Waals surface area contributed by atoms with Crippen molar-refractivity contribution in [3.63, 3.8) is 0 Å². The van der Waals surface area contributed by atoms with E-state index < -0.39 is 10.0 Å². The fourth-order valence-corrected chi connectivity index (χ4v) is 5.17. The largest absolute Gasteiger partial charge is 0.395 e. The van der Waals surface area contributed by atoms with Crippen molar-refractivity contribution in [1.29, 1.82) is 0 Å². The summed E-state index contributed by atoms with van der Waals surface area (Å²) in [5.74, 6) is 0. The molecule has 0 bridgehead atoms. The van der Waals surface area contributed by atoms with Crippen LogP contribution < -0.4 is 5.32 Å². The lowest BCUT2D eigenvalue weighted by molar-refractivity contribution is 0.246. The first-order valence-corrected chi connectivity index (χ1v) is 8.70. The van der Waals surface area contributed by atoms with Gasteiger partial charge in [0.25, 0.3) is 10.0 Å². The van der Waals surface area contributed by atoms with Crippen LogP contribution >= 0.6 is 11.3 Å². The van der Waals surface area contributed by atoms with Crippen LogP contribution in [0.15, 0.2) is 16.3 Å². The van der Waals surface area contributed by atoms with Gasteiger partial charge in [0.2, 0.25) is 0 Å². The van der Waals surface area contributed by atoms with Crippen LogP contribution in [0, 0.1) is 6.92 Å². The van der Waals surface area contributed by atoms with Gasteiger partial charge in [0.05, 0.1) is 6.61 Å². The molecule has 1 aliphatic rings. The maximum Gasteiger partial charge on any atom is 0.252 e. The summed E-state index contributed by atoms with van der Waals surface area (Å²) >= 11 is 1.28. The highest BCUT2D eigenvalue weighted by molar-refractivity contribution is 7.91. The van der Waals surface area contributed by atoms with Crippen LogP contribution in [0.2, 0.25) is 0 Å². The Morgan fingerprint density at radius 1 is 1.53 bits per heavy atom. The van der Waals surface area contributed by atoms with Gasteiger partial charge in [-0.1, -0.05) is 0 Å². The Morgan fingerprint density at radius 2 is 2.32 bits per heavy atom. The Hall–Kier alpha value is -0.470. The second kappa shape index (κ2) is 6.32. The zero-order valence-electron chi connectivity index (χ0n) is 11.0. The Morgan fingerprint density at radius 3 is 2.84 bits per heavy atom. The second-order valence-corrected chi connectivity index (χ2v) is 8.20. The van der Waals surface area contributed by atoms with Gasteiger partial charge in [-0.15, -0.1) is 11.3 Å². The molecule has 0 aromatic carbocycles. The van der Waals surface area contributed by atoms with Crippen molar-refractivity contribution in [2.75, 3.05) is 26.2 Å². The van der Waals surface area contributed by atoms with Crippen molar-refractivity contribution < 1.29 is 13.5 Å². The highest BCUT2D eigenvalue weighted by Crippen LogP contribution is 2.24. The maximum absolute atomic E-state index is 12.5. The minimum Gasteiger partial charge on any atom is -0.395 e. The summed E-state index contributed by atoms with van der Waals surface area (Å²) < 4.78 is 26.8. The number of thiophene rings is 1. The molecule has 108 valence electrons. The van der Waals surface area contributed by atoms with Crippen LogP contribution in [0.5, 0.6) is 0 Å². The van der Waals surface area contributed by atoms with E-state index in [2.05, 4.69) is 5.32 Å². The van der Waals surface area contributed by atoms with Gasteiger partial charge in [-0.2, -0.15) is 4.31 Å². The Bertz CT molecular complexity index is 507. The van der Waals surface area contributed by atoms with Crippen molar-refractivity contribution in [2.45, 2.75) is 30.0 Å². The van der Waals surface area contributed by atoms with Crippen molar-refractivity contribution in [3.05, 3.63) is 17.0 Å². The lowest BCUT2D eigenvalue weighted by atomic mass is 10.2. The number of hydrogen-bond donors (Lipinski definition) is 2. The third-order valence-corrected chi connectivity index (χ3v) is 6.58. The van der Waals surface area contributed by atoms with E-state index in [1.165, 1.54) is 15.6 Å². The molecule has 0 amide bonds. The molecule has 1 fully saturated rings. The highest BCUT2D eigenvalue weighted by atomic mass is 32.2. The van der Waals surface area contributed by atoms with E-state index in [9.17, 15) is 8.42 Å². The van der Waals surface area contributed by atoms with Gasteiger partial charge in [-0.25, -0.2) is 8.42 Å². The number of rotatable bonds is 6. The van der Waals surface area contributed by atoms with Gasteiger partial charge in [0, 0.05) is 24.0 Å². The Labute approximate surface area is 118 Å². The van der Waals surface area contributed by atoms with Crippen LogP contribution in [0.3, 0.4) is 0 Å². The molecular formula is C12H20N2O3S2. The van der Waals surface area contributed by atoms with Crippen molar-refractivity contribution in [3.8, 4) is 0 Å². The highest BCUT2D eigenvalue weighted by Gasteiger charge is 2.28. The lowest BCUT2D eigenvalue weighted by Gasteiger charge is -2.23. The summed E-state index contributed by atoms with van der Waals surface area (Å²) in [6.45, 7) is 3.25. The molecule has 19 heavy (non-hydrogen) atoms. The fourth-order valence-electron chi connectivity index (χ4n) is 2.26. The van der Waals surface area contributed by atoms with E-state index in [0.29, 0.717) is 10.8 Å². The number of aliphatic hydroxyl groups is 1. The molecule has 1 aliphatic heterocycles. The van der Waals surface area contributed by atoms with Gasteiger partial charge in [-0.05, 0) is 38.4 Å². The summed E-state index contributed by atoms with van der Waals surface area (Å²) in [4.78, 5) is 0.974. The van der Waals surface area contributed by atoms with Gasteiger partial charge in [0.15, 0.2) is 0 Å². The lowest BCUT2D eigenvalue weighted by Crippen LogP contribution is -2.42. The zero-order valence-corrected chi connectivity index (χ0v) is 12.6. The molecule has 0 saturated carbocycles. The first kappa shape index (κ1) is 14.9. The van der Waals surface area contributed by atoms with E-state index in [1.54, 1.807) is 6.07 Å². The number of sulfonamides is 1. The number of aryl methyl sites for hydroxylation is 1. The minimum atomic E-state index is -3.48. The normalized spacial score (nSPS) is 20.3. The molecule has 1 aromatic heterocycles. The van der Waals surface area contributed by atoms with Crippen LogP contribution in [0.4, 0.5) is 0 Å². The zero-order chi connectivity index (χ0) is 13.9. The summed E-state index contributed by atoms with van der Waals surface area (Å²) in [6, 6.07) is 3.65. The molecule has 1 aromatic rings. The van der Waals surface area contributed by atoms with Crippen LogP contribution in [0.1, 0.15) is 17.7 Å². The molecule has 5 nitrogen and oxygen atoms in total. The molecular weight excluding hydrogens is 284 g/mol. The van der Waals surface area contributed by atoms with Crippen molar-refractivity contribution >= 4 is 21.4 Å². The summed E-state index contributed by atoms with van der Waals surface area (Å²) in [7, 11) is -3.48. The number of nitrogens with one attached hydrogen (secondary N) is 1. The van der Waals surface area contributed by atoms with E-state index in [1.807, 2.05) is 13.0 Å². The van der Waals surface area contributed by atoms with Crippen molar-refractivity contribution in [1.82, 2.24) is 9.62 Å². The molecule has 1 saturated heterocycles. The Kier molecular flexibility index (Phi) is 4.97. The molecule has 1 atom stereocenters. The smallest absolute Gasteiger partial charge is 0.252 e. The SMILES string of the molecule is Cc1ccc(S(=O)(=O)N(CCO)CC2CCCN2)s1. The molecule has 2 rings (SSSR count). The predicted molar refractivity (Wildman–Crippen MR) is 75.9 cm³/mol. The Balaban J connectivity index is 2.16. The van der Waals surface area contributed by atoms with E-state index in [0.717, 1.165) is 24.3 Å². The predicted octanol–water partition coefficient (Wildman–Crippen LogP) is 0.792. The van der Waals surface area contributed by atoms with Gasteiger partial charge in [-0.3, -0.25) is 0 Å². The van der Waals surface area contributed by atoms with E-state index in [-0.39, 0.29) is 19.2 Å². The third kappa shape index (κ3) is 3.55. The van der Waals surface area contributed by atoms with Crippen molar-refractivity contribution in [2.24, 2.45) is 0 Å². The monoisotopic (exact) mass is 304 g/mol. The molecule has 7 heteroatoms. The fraction of sp³-hybridized carbons (Fsp3) is 0.667. The average molecular weight is 304 g/mol. The van der Waals surface area contributed by atoms with Crippen LogP contribution in [-0.2, 0) is 10.0 Å². The number of aliphatic hydroxyl groups excluding tert-OH is 1. The third-order valence-electron chi connectivity index (χ3n) is 3.25. The quantitative estimate of drug-likeness (QED) is 0.815. The number of hydrogen-bond acceptors (Lipinski definition) is 5. The average Bonchev–Trinajstić information content (AvgIpc) is 3.00. The second-order valence-electron chi connectivity index (χ2n) is 4.75. The standard InChI is InChI=1S/C12H20N2O3S2/c1-10-4-5-12(18-10)19(16,17)14(7-8-15)9-11-3-2-6-13-11/h4-5,11,13,15H,2-3,6-9H2,1H3. The van der Waals surface area contributed by atoms with E-state index in [4.69, 9.17) is 5.11 Å². The summed E-state index contributed by atoms with van der Waals surface area (Å²) in [5, 5.41) is 12.4. The summed E-state index contributed by atoms with van der Waals surface area (Å²) in [5.41, 5.74) is 0. The maximum atomic E-state index is 12.5. The molecule has 1 unspecified atom stereocenters. The van der Waals surface area contributed by atoms with E-state index >= 15 is 0 Å². The topological polar surface area (TPSA) is 69.6 Å². The molecule has 0 spiro atoms. The van der Waals surface area contributed by atoms with Gasteiger partial charge < -0.3 is 10.4 Å². The molecule has 2 N–H and O–H groups in total. The molecule has 0 radical (unpaired) electrons. The first-order valence-electron chi connectivity index (χ1n) is 6.45. The number of nitrogens with zero attached hydrogens (tertiary/aromatic N) is 1. The van der Waals surface area contributed by atoms with Crippen LogP contribution in [-0.4, -0.2) is 50.1 Å². The molecule has 2 heterocycles. The van der Waals surface area contributed by atoms with Crippen LogP contribution in [0.25, 0.3) is 0 Å². The first-order chi connectivity index (χ1) is 9.04. The molecule has 0 aliphatic carbocycles. The van der Waals surface area contributed by atoms with Gasteiger partial charge in [0.1, 0.15) is 4.21 Å². The van der Waals surface area contributed by atoms with Gasteiger partial charge >= 0.3 is 0 Å².